The van der Waals surface area contributed by atoms with Crippen molar-refractivity contribution in [1.29, 1.82) is 0 Å². The van der Waals surface area contributed by atoms with Crippen molar-refractivity contribution in [2.24, 2.45) is 0 Å². The monoisotopic (exact) mass is 555 g/mol. The molecule has 2 unspecified atom stereocenters. The molecule has 0 saturated carbocycles. The number of likely N-dealkylation sites (tertiary alicyclic amines) is 2. The number of β-lactam (4-membered cyclic amide) rings is 1. The quantitative estimate of drug-likeness (QED) is 0.375. The molecule has 2 aromatic carbocycles. The first-order valence-corrected chi connectivity index (χ1v) is 11.9. The van der Waals surface area contributed by atoms with Crippen LogP contribution in [0.5, 0.6) is 5.75 Å². The van der Waals surface area contributed by atoms with Gasteiger partial charge in [-0.15, -0.1) is 0 Å². The number of aromatic hydroxyl groups is 1. The lowest BCUT2D eigenvalue weighted by molar-refractivity contribution is -0.220. The second-order valence-electron chi connectivity index (χ2n) is 10.0. The van der Waals surface area contributed by atoms with E-state index in [1.165, 1.54) is 31.2 Å². The summed E-state index contributed by atoms with van der Waals surface area (Å²) in [5.41, 5.74) is -1.62. The lowest BCUT2D eigenvalue weighted by atomic mass is 9.78. The molecular formula is C26H26F5N3O5. The number of aliphatic hydroxyl groups is 1. The van der Waals surface area contributed by atoms with Gasteiger partial charge in [-0.1, -0.05) is 30.3 Å². The van der Waals surface area contributed by atoms with Crippen LogP contribution >= 0.6 is 0 Å². The molecule has 2 aliphatic heterocycles. The van der Waals surface area contributed by atoms with E-state index in [0.717, 1.165) is 6.92 Å². The number of fused-ring (bicyclic) bond motifs is 1. The van der Waals surface area contributed by atoms with Crippen LogP contribution in [-0.2, 0) is 9.59 Å². The van der Waals surface area contributed by atoms with Crippen molar-refractivity contribution in [2.45, 2.75) is 56.6 Å². The third-order valence-electron chi connectivity index (χ3n) is 7.42. The zero-order valence-corrected chi connectivity index (χ0v) is 21.1. The zero-order valence-electron chi connectivity index (χ0n) is 21.1. The number of nitrogens with zero attached hydrogens (tertiary/aromatic N) is 2. The normalized spacial score (nSPS) is 23.6. The molecule has 0 spiro atoms. The maximum Gasteiger partial charge on any atom is 0.406 e. The van der Waals surface area contributed by atoms with E-state index in [9.17, 15) is 37.8 Å². The number of carbonyl (C=O) groups excluding carboxylic acids is 3. The highest BCUT2D eigenvalue weighted by molar-refractivity contribution is 5.99. The maximum atomic E-state index is 15.0. The number of halogens is 5. The summed E-state index contributed by atoms with van der Waals surface area (Å²) in [6.45, 7) is 0.568. The Labute approximate surface area is 220 Å². The highest BCUT2D eigenvalue weighted by Crippen LogP contribution is 2.53. The van der Waals surface area contributed by atoms with Gasteiger partial charge in [0, 0.05) is 11.1 Å². The van der Waals surface area contributed by atoms with E-state index in [4.69, 9.17) is 0 Å². The van der Waals surface area contributed by atoms with E-state index in [1.807, 2.05) is 0 Å². The van der Waals surface area contributed by atoms with Crippen LogP contribution in [0.3, 0.4) is 0 Å². The van der Waals surface area contributed by atoms with Gasteiger partial charge in [0.05, 0.1) is 12.6 Å². The fourth-order valence-corrected chi connectivity index (χ4v) is 5.24. The third-order valence-corrected chi connectivity index (χ3v) is 7.42. The second-order valence-corrected chi connectivity index (χ2v) is 10.0. The first-order chi connectivity index (χ1) is 18.0. The molecule has 0 aromatic heterocycles. The fraction of sp³-hybridized carbons (Fsp3) is 0.423. The van der Waals surface area contributed by atoms with E-state index in [-0.39, 0.29) is 27.3 Å². The van der Waals surface area contributed by atoms with Crippen LogP contribution < -0.4 is 5.32 Å². The summed E-state index contributed by atoms with van der Waals surface area (Å²) in [6, 6.07) is 7.11. The number of hydrogen-bond acceptors (Lipinski definition) is 5. The van der Waals surface area contributed by atoms with Gasteiger partial charge in [0.1, 0.15) is 23.9 Å². The molecule has 2 aromatic rings. The number of amides is 3. The van der Waals surface area contributed by atoms with E-state index < -0.39 is 66.6 Å². The van der Waals surface area contributed by atoms with Crippen molar-refractivity contribution < 1.29 is 46.5 Å². The Balaban J connectivity index is 1.65. The fourth-order valence-electron chi connectivity index (χ4n) is 5.24. The molecular weight excluding hydrogens is 529 g/mol. The summed E-state index contributed by atoms with van der Waals surface area (Å²) < 4.78 is 69.0. The molecule has 2 aliphatic rings. The molecule has 3 amide bonds. The minimum Gasteiger partial charge on any atom is -0.508 e. The summed E-state index contributed by atoms with van der Waals surface area (Å²) >= 11 is 0. The summed E-state index contributed by atoms with van der Waals surface area (Å²) in [5, 5.41) is 23.7. The summed E-state index contributed by atoms with van der Waals surface area (Å²) in [7, 11) is 0. The van der Waals surface area contributed by atoms with Crippen LogP contribution in [0.2, 0.25) is 0 Å². The molecule has 3 N–H and O–H groups in total. The minimum absolute atomic E-state index is 0.000764. The Hall–Kier alpha value is -3.74. The number of alkyl halides is 5. The van der Waals surface area contributed by atoms with E-state index in [1.54, 1.807) is 25.1 Å². The second kappa shape index (κ2) is 9.47. The first kappa shape index (κ1) is 28.3. The molecule has 0 radical (unpaired) electrons. The smallest absolute Gasteiger partial charge is 0.406 e. The molecule has 0 aliphatic carbocycles. The Morgan fingerprint density at radius 2 is 1.77 bits per heavy atom. The predicted molar refractivity (Wildman–Crippen MR) is 127 cm³/mol. The molecule has 2 heterocycles. The summed E-state index contributed by atoms with van der Waals surface area (Å²) in [6.07, 6.45) is -7.13. The van der Waals surface area contributed by atoms with Gasteiger partial charge in [-0.05, 0) is 44.0 Å². The van der Waals surface area contributed by atoms with Gasteiger partial charge in [0.2, 0.25) is 5.91 Å². The van der Waals surface area contributed by atoms with Gasteiger partial charge in [0.25, 0.3) is 17.7 Å². The maximum absolute atomic E-state index is 15.0. The molecule has 8 nitrogen and oxygen atoms in total. The molecule has 39 heavy (non-hydrogen) atoms. The van der Waals surface area contributed by atoms with E-state index >= 15 is 8.78 Å². The highest BCUT2D eigenvalue weighted by atomic mass is 19.4. The lowest BCUT2D eigenvalue weighted by Crippen LogP contribution is -2.79. The SMILES string of the molecule is Cc1cc(O)c(C)c(C(=O)NC(c2ccccc2)[C@H](O)C(=O)N2CC(F)(F)C3(C)[C@H]2C(=O)N3CC(F)(F)F)c1. The van der Waals surface area contributed by atoms with Gasteiger partial charge in [-0.3, -0.25) is 14.4 Å². The van der Waals surface area contributed by atoms with Crippen LogP contribution in [-0.4, -0.2) is 80.6 Å². The third kappa shape index (κ3) is 4.68. The number of phenols is 1. The lowest BCUT2D eigenvalue weighted by Gasteiger charge is -2.54. The van der Waals surface area contributed by atoms with Crippen LogP contribution in [0, 0.1) is 13.8 Å². The van der Waals surface area contributed by atoms with Crippen LogP contribution in [0.15, 0.2) is 42.5 Å². The number of nitrogens with one attached hydrogen (secondary N) is 1. The van der Waals surface area contributed by atoms with Crippen LogP contribution in [0.1, 0.15) is 40.0 Å². The molecule has 4 atom stereocenters. The largest absolute Gasteiger partial charge is 0.508 e. The number of phenolic OH excluding ortho intramolecular Hbond substituents is 1. The van der Waals surface area contributed by atoms with Crippen molar-refractivity contribution >= 4 is 17.7 Å². The Morgan fingerprint density at radius 1 is 1.15 bits per heavy atom. The van der Waals surface area contributed by atoms with E-state index in [0.29, 0.717) is 10.5 Å². The van der Waals surface area contributed by atoms with E-state index in [2.05, 4.69) is 5.32 Å². The molecule has 210 valence electrons. The van der Waals surface area contributed by atoms with Gasteiger partial charge in [-0.2, -0.15) is 13.2 Å². The van der Waals surface area contributed by atoms with Crippen molar-refractivity contribution in [3.8, 4) is 5.75 Å². The standard InChI is InChI=1S/C26H26F5N3O5/c1-13-9-16(14(2)17(35)10-13)21(37)32-18(15-7-5-4-6-8-15)19(36)22(38)33-11-25(27,28)24(3)20(33)23(39)34(24)12-26(29,30)31/h4-10,18-20,35-36H,11-12H2,1-3H3,(H,32,37)/t18?,19-,20+,24?/m0/s1. The number of benzene rings is 2. The first-order valence-electron chi connectivity index (χ1n) is 11.9. The molecule has 4 rings (SSSR count). The van der Waals surface area contributed by atoms with Crippen molar-refractivity contribution in [1.82, 2.24) is 15.1 Å². The van der Waals surface area contributed by atoms with Crippen LogP contribution in [0.4, 0.5) is 22.0 Å². The van der Waals surface area contributed by atoms with Gasteiger partial charge < -0.3 is 25.3 Å². The zero-order chi connectivity index (χ0) is 29.1. The Bertz CT molecular complexity index is 1320. The topological polar surface area (TPSA) is 110 Å². The van der Waals surface area contributed by atoms with Crippen molar-refractivity contribution in [3.63, 3.8) is 0 Å². The average Bonchev–Trinajstić information content (AvgIpc) is 3.05. The average molecular weight is 556 g/mol. The summed E-state index contributed by atoms with van der Waals surface area (Å²) in [5.74, 6) is -7.55. The number of carbonyl (C=O) groups is 3. The minimum atomic E-state index is -4.94. The number of aryl methyl sites for hydroxylation is 1. The molecule has 2 saturated heterocycles. The number of rotatable bonds is 6. The Kier molecular flexibility index (Phi) is 6.87. The molecule has 2 fully saturated rings. The highest BCUT2D eigenvalue weighted by Gasteiger charge is 2.78. The molecule has 0 bridgehead atoms. The number of hydrogen-bond donors (Lipinski definition) is 3. The van der Waals surface area contributed by atoms with Crippen LogP contribution in [0.25, 0.3) is 0 Å². The van der Waals surface area contributed by atoms with Gasteiger partial charge in [-0.25, -0.2) is 8.78 Å². The predicted octanol–water partition coefficient (Wildman–Crippen LogP) is 2.85. The number of aliphatic hydroxyl groups excluding tert-OH is 1. The van der Waals surface area contributed by atoms with Crippen molar-refractivity contribution in [3.05, 3.63) is 64.7 Å². The summed E-state index contributed by atoms with van der Waals surface area (Å²) in [4.78, 5) is 39.5. The Morgan fingerprint density at radius 3 is 2.36 bits per heavy atom. The molecule has 13 heteroatoms. The van der Waals surface area contributed by atoms with Crippen molar-refractivity contribution in [2.75, 3.05) is 13.1 Å². The van der Waals surface area contributed by atoms with Gasteiger partial charge in [0.15, 0.2) is 6.10 Å². The van der Waals surface area contributed by atoms with Gasteiger partial charge >= 0.3 is 6.18 Å².